The standard InChI is InChI=1S/C23H21BrClN3O2S2/c1-4-27(5-2)22(30)19-13(3)26-23-28(20(19)14-6-8-15(25)9-7-14)21(29)17(32-23)12-16-10-11-18(24)31-16/h6-12,20H,4-5H2,1-3H3/b17-12+/t20-/m0/s1. The highest BCUT2D eigenvalue weighted by Gasteiger charge is 2.34. The maximum absolute atomic E-state index is 13.6. The van der Waals surface area contributed by atoms with E-state index in [0.29, 0.717) is 38.7 Å². The molecule has 1 amide bonds. The van der Waals surface area contributed by atoms with E-state index in [1.807, 2.05) is 51.1 Å². The van der Waals surface area contributed by atoms with Crippen molar-refractivity contribution in [3.05, 3.63) is 86.6 Å². The van der Waals surface area contributed by atoms with E-state index in [-0.39, 0.29) is 11.5 Å². The topological polar surface area (TPSA) is 54.7 Å². The van der Waals surface area contributed by atoms with Gasteiger partial charge in [-0.3, -0.25) is 14.2 Å². The molecule has 9 heteroatoms. The molecule has 0 aliphatic carbocycles. The first kappa shape index (κ1) is 23.2. The number of rotatable bonds is 5. The maximum Gasteiger partial charge on any atom is 0.271 e. The van der Waals surface area contributed by atoms with E-state index >= 15 is 0 Å². The highest BCUT2D eigenvalue weighted by Crippen LogP contribution is 2.32. The number of carbonyl (C=O) groups excluding carboxylic acids is 1. The van der Waals surface area contributed by atoms with Crippen molar-refractivity contribution in [3.63, 3.8) is 0 Å². The number of halogens is 2. The first-order valence-corrected chi connectivity index (χ1v) is 13.0. The van der Waals surface area contributed by atoms with E-state index < -0.39 is 6.04 Å². The third kappa shape index (κ3) is 4.29. The summed E-state index contributed by atoms with van der Waals surface area (Å²) >= 11 is 12.5. The Kier molecular flexibility index (Phi) is 6.86. The zero-order chi connectivity index (χ0) is 23.0. The number of hydrogen-bond acceptors (Lipinski definition) is 5. The SMILES string of the molecule is CCN(CC)C(=O)C1=C(C)N=c2s/c(=C/c3ccc(Br)s3)c(=O)n2[C@H]1c1ccc(Cl)cc1. The molecule has 166 valence electrons. The fourth-order valence-electron chi connectivity index (χ4n) is 3.77. The number of amides is 1. The number of likely N-dealkylation sites (N-methyl/N-ethyl adjacent to an activating group) is 1. The van der Waals surface area contributed by atoms with Crippen LogP contribution in [-0.2, 0) is 4.79 Å². The fourth-order valence-corrected chi connectivity index (χ4v) is 6.38. The van der Waals surface area contributed by atoms with Crippen molar-refractivity contribution in [1.82, 2.24) is 9.47 Å². The van der Waals surface area contributed by atoms with Gasteiger partial charge < -0.3 is 4.90 Å². The molecular formula is C23H21BrClN3O2S2. The molecule has 4 rings (SSSR count). The van der Waals surface area contributed by atoms with Crippen molar-refractivity contribution < 1.29 is 4.79 Å². The van der Waals surface area contributed by atoms with E-state index in [1.165, 1.54) is 11.3 Å². The monoisotopic (exact) mass is 549 g/mol. The molecular weight excluding hydrogens is 530 g/mol. The summed E-state index contributed by atoms with van der Waals surface area (Å²) in [5, 5.41) is 0.599. The second-order valence-electron chi connectivity index (χ2n) is 7.25. The summed E-state index contributed by atoms with van der Waals surface area (Å²) in [6.07, 6.45) is 1.88. The van der Waals surface area contributed by atoms with Gasteiger partial charge >= 0.3 is 0 Å². The third-order valence-electron chi connectivity index (χ3n) is 5.36. The number of aromatic nitrogens is 1. The Hall–Kier alpha value is -2.00. The van der Waals surface area contributed by atoms with E-state index in [9.17, 15) is 9.59 Å². The minimum Gasteiger partial charge on any atom is -0.339 e. The first-order chi connectivity index (χ1) is 15.3. The van der Waals surface area contributed by atoms with E-state index in [1.54, 1.807) is 32.9 Å². The van der Waals surface area contributed by atoms with Crippen LogP contribution in [0.3, 0.4) is 0 Å². The summed E-state index contributed by atoms with van der Waals surface area (Å²) in [5.41, 5.74) is 1.82. The molecule has 2 aromatic heterocycles. The fraction of sp³-hybridized carbons (Fsp3) is 0.261. The molecule has 0 unspecified atom stereocenters. The molecule has 1 atom stereocenters. The lowest BCUT2D eigenvalue weighted by Gasteiger charge is -2.29. The van der Waals surface area contributed by atoms with Crippen molar-refractivity contribution in [1.29, 1.82) is 0 Å². The normalized spacial score (nSPS) is 16.2. The molecule has 32 heavy (non-hydrogen) atoms. The molecule has 5 nitrogen and oxygen atoms in total. The molecule has 1 aliphatic rings. The van der Waals surface area contributed by atoms with Crippen LogP contribution in [0.2, 0.25) is 5.02 Å². The van der Waals surface area contributed by atoms with Crippen molar-refractivity contribution in [2.24, 2.45) is 4.99 Å². The lowest BCUT2D eigenvalue weighted by Crippen LogP contribution is -2.43. The second-order valence-corrected chi connectivity index (χ2v) is 11.2. The number of hydrogen-bond donors (Lipinski definition) is 0. The largest absolute Gasteiger partial charge is 0.339 e. The van der Waals surface area contributed by atoms with Crippen molar-refractivity contribution in [2.45, 2.75) is 26.8 Å². The third-order valence-corrected chi connectivity index (χ3v) is 8.16. The average molecular weight is 551 g/mol. The van der Waals surface area contributed by atoms with Crippen LogP contribution in [0.4, 0.5) is 0 Å². The van der Waals surface area contributed by atoms with Crippen LogP contribution >= 0.6 is 50.2 Å². The van der Waals surface area contributed by atoms with E-state index in [0.717, 1.165) is 14.2 Å². The number of fused-ring (bicyclic) bond motifs is 1. The van der Waals surface area contributed by atoms with Gasteiger partial charge in [0.2, 0.25) is 0 Å². The van der Waals surface area contributed by atoms with Gasteiger partial charge in [-0.05, 0) is 72.6 Å². The first-order valence-electron chi connectivity index (χ1n) is 10.2. The molecule has 0 saturated carbocycles. The van der Waals surface area contributed by atoms with Crippen LogP contribution in [0, 0.1) is 0 Å². The van der Waals surface area contributed by atoms with Crippen molar-refractivity contribution >= 4 is 62.2 Å². The minimum absolute atomic E-state index is 0.104. The maximum atomic E-state index is 13.6. The van der Waals surface area contributed by atoms with Crippen LogP contribution in [-0.4, -0.2) is 28.5 Å². The van der Waals surface area contributed by atoms with Crippen molar-refractivity contribution in [3.8, 4) is 0 Å². The summed E-state index contributed by atoms with van der Waals surface area (Å²) in [7, 11) is 0. The summed E-state index contributed by atoms with van der Waals surface area (Å²) in [5.74, 6) is -0.104. The number of benzene rings is 1. The Balaban J connectivity index is 1.96. The zero-order valence-corrected chi connectivity index (χ0v) is 21.7. The van der Waals surface area contributed by atoms with Gasteiger partial charge in [-0.2, -0.15) is 0 Å². The van der Waals surface area contributed by atoms with Gasteiger partial charge in [0.05, 0.1) is 25.6 Å². The van der Waals surface area contributed by atoms with Gasteiger partial charge in [0.25, 0.3) is 11.5 Å². The summed E-state index contributed by atoms with van der Waals surface area (Å²) in [4.78, 5) is 35.1. The van der Waals surface area contributed by atoms with E-state index in [2.05, 4.69) is 20.9 Å². The van der Waals surface area contributed by atoms with Crippen LogP contribution in [0.1, 0.15) is 37.3 Å². The molecule has 3 aromatic rings. The Labute approximate surface area is 207 Å². The molecule has 0 saturated heterocycles. The predicted molar refractivity (Wildman–Crippen MR) is 135 cm³/mol. The molecule has 3 heterocycles. The lowest BCUT2D eigenvalue weighted by molar-refractivity contribution is -0.127. The van der Waals surface area contributed by atoms with Crippen LogP contribution in [0.5, 0.6) is 0 Å². The van der Waals surface area contributed by atoms with Crippen LogP contribution in [0.25, 0.3) is 6.08 Å². The minimum atomic E-state index is -0.561. The summed E-state index contributed by atoms with van der Waals surface area (Å²) in [6, 6.07) is 10.7. The Bertz CT molecular complexity index is 1380. The Morgan fingerprint density at radius 2 is 1.88 bits per heavy atom. The molecule has 0 fully saturated rings. The number of thiophene rings is 1. The molecule has 0 spiro atoms. The van der Waals surface area contributed by atoms with E-state index in [4.69, 9.17) is 11.6 Å². The van der Waals surface area contributed by atoms with Gasteiger partial charge in [0, 0.05) is 23.0 Å². The highest BCUT2D eigenvalue weighted by atomic mass is 79.9. The lowest BCUT2D eigenvalue weighted by atomic mass is 9.94. The van der Waals surface area contributed by atoms with Gasteiger partial charge in [0.1, 0.15) is 0 Å². The Morgan fingerprint density at radius 3 is 2.47 bits per heavy atom. The predicted octanol–water partition coefficient (Wildman–Crippen LogP) is 4.58. The number of carbonyl (C=O) groups is 1. The molecule has 0 N–H and O–H groups in total. The van der Waals surface area contributed by atoms with Gasteiger partial charge in [-0.25, -0.2) is 4.99 Å². The smallest absolute Gasteiger partial charge is 0.271 e. The number of nitrogens with zero attached hydrogens (tertiary/aromatic N) is 3. The molecule has 1 aliphatic heterocycles. The molecule has 0 radical (unpaired) electrons. The van der Waals surface area contributed by atoms with Gasteiger partial charge in [-0.15, -0.1) is 11.3 Å². The number of allylic oxidation sites excluding steroid dienone is 1. The Morgan fingerprint density at radius 1 is 1.19 bits per heavy atom. The molecule has 0 bridgehead atoms. The van der Waals surface area contributed by atoms with Gasteiger partial charge in [-0.1, -0.05) is 35.1 Å². The summed E-state index contributed by atoms with van der Waals surface area (Å²) in [6.45, 7) is 6.90. The average Bonchev–Trinajstić information content (AvgIpc) is 3.31. The molecule has 1 aromatic carbocycles. The van der Waals surface area contributed by atoms with Crippen LogP contribution < -0.4 is 14.9 Å². The van der Waals surface area contributed by atoms with Crippen LogP contribution in [0.15, 0.2) is 61.2 Å². The zero-order valence-electron chi connectivity index (χ0n) is 17.8. The van der Waals surface area contributed by atoms with Crippen molar-refractivity contribution in [2.75, 3.05) is 13.1 Å². The number of thiazole rings is 1. The quantitative estimate of drug-likeness (QED) is 0.467. The highest BCUT2D eigenvalue weighted by molar-refractivity contribution is 9.11. The summed E-state index contributed by atoms with van der Waals surface area (Å²) < 4.78 is 3.23. The second kappa shape index (κ2) is 9.47. The van der Waals surface area contributed by atoms with Gasteiger partial charge in [0.15, 0.2) is 4.80 Å².